The molecule has 1 rings (SSSR count). The van der Waals surface area contributed by atoms with Crippen LogP contribution in [0, 0.1) is 0 Å². The molecule has 10 heavy (non-hydrogen) atoms. The van der Waals surface area contributed by atoms with Gasteiger partial charge in [-0.1, -0.05) is 0 Å². The van der Waals surface area contributed by atoms with Gasteiger partial charge in [-0.15, -0.1) is 0 Å². The zero-order valence-electron chi connectivity index (χ0n) is 5.71. The third kappa shape index (κ3) is 1.40. The Balaban J connectivity index is 2.50. The van der Waals surface area contributed by atoms with Crippen LogP contribution in [0.5, 0.6) is 0 Å². The molecule has 0 aromatic carbocycles. The molecule has 0 fully saturated rings. The molecule has 0 aliphatic carbocycles. The first kappa shape index (κ1) is 6.92. The summed E-state index contributed by atoms with van der Waals surface area (Å²) in [6.07, 6.45) is 2.55. The number of urea groups is 1. The topological polar surface area (TPSA) is 72.4 Å². The van der Waals surface area contributed by atoms with E-state index >= 15 is 0 Å². The molecule has 4 N–H and O–H groups in total. The molecule has 0 bridgehead atoms. The molecule has 4 nitrogen and oxygen atoms in total. The van der Waals surface area contributed by atoms with Gasteiger partial charge in [0, 0.05) is 25.2 Å². The van der Waals surface area contributed by atoms with Crippen LogP contribution in [0.15, 0.2) is 11.8 Å². The lowest BCUT2D eigenvalue weighted by Crippen LogP contribution is -2.39. The average molecular weight is 141 g/mol. The molecule has 0 radical (unpaired) electrons. The van der Waals surface area contributed by atoms with E-state index in [1.165, 1.54) is 0 Å². The van der Waals surface area contributed by atoms with E-state index in [1.807, 2.05) is 6.08 Å². The summed E-state index contributed by atoms with van der Waals surface area (Å²) < 4.78 is 0. The third-order valence-electron chi connectivity index (χ3n) is 1.56. The zero-order chi connectivity index (χ0) is 7.56. The van der Waals surface area contributed by atoms with Gasteiger partial charge in [0.1, 0.15) is 0 Å². The SMILES string of the molecule is NC(=O)N1CC=C(N)CC1. The monoisotopic (exact) mass is 141 g/mol. The van der Waals surface area contributed by atoms with Gasteiger partial charge in [-0.25, -0.2) is 4.79 Å². The van der Waals surface area contributed by atoms with Gasteiger partial charge in [0.05, 0.1) is 0 Å². The van der Waals surface area contributed by atoms with Gasteiger partial charge in [-0.2, -0.15) is 0 Å². The van der Waals surface area contributed by atoms with E-state index in [-0.39, 0.29) is 6.03 Å². The minimum absolute atomic E-state index is 0.372. The highest BCUT2D eigenvalue weighted by molar-refractivity contribution is 5.72. The lowest BCUT2D eigenvalue weighted by Gasteiger charge is -2.22. The Kier molecular flexibility index (Phi) is 1.80. The molecule has 0 atom stereocenters. The molecule has 0 unspecified atom stereocenters. The van der Waals surface area contributed by atoms with E-state index < -0.39 is 0 Å². The van der Waals surface area contributed by atoms with Gasteiger partial charge >= 0.3 is 6.03 Å². The van der Waals surface area contributed by atoms with Gasteiger partial charge in [-0.3, -0.25) is 0 Å². The summed E-state index contributed by atoms with van der Waals surface area (Å²) in [5.41, 5.74) is 11.4. The summed E-state index contributed by atoms with van der Waals surface area (Å²) in [6, 6.07) is -0.372. The smallest absolute Gasteiger partial charge is 0.315 e. The highest BCUT2D eigenvalue weighted by Gasteiger charge is 2.11. The third-order valence-corrected chi connectivity index (χ3v) is 1.56. The molecule has 1 aliphatic heterocycles. The molecule has 0 saturated heterocycles. The van der Waals surface area contributed by atoms with Crippen molar-refractivity contribution in [2.24, 2.45) is 11.5 Å². The highest BCUT2D eigenvalue weighted by atomic mass is 16.2. The number of nitrogens with zero attached hydrogens (tertiary/aromatic N) is 1. The van der Waals surface area contributed by atoms with E-state index in [1.54, 1.807) is 4.90 Å². The highest BCUT2D eigenvalue weighted by Crippen LogP contribution is 2.03. The molecule has 0 aromatic rings. The van der Waals surface area contributed by atoms with Crippen LogP contribution >= 0.6 is 0 Å². The van der Waals surface area contributed by atoms with Crippen LogP contribution in [0.4, 0.5) is 4.79 Å². The Morgan fingerprint density at radius 1 is 1.70 bits per heavy atom. The minimum atomic E-state index is -0.372. The summed E-state index contributed by atoms with van der Waals surface area (Å²) in [5.74, 6) is 0. The second-order valence-corrected chi connectivity index (χ2v) is 2.31. The van der Waals surface area contributed by atoms with Crippen molar-refractivity contribution in [2.75, 3.05) is 13.1 Å². The van der Waals surface area contributed by atoms with E-state index in [9.17, 15) is 4.79 Å². The van der Waals surface area contributed by atoms with Crippen LogP contribution in [0.2, 0.25) is 0 Å². The van der Waals surface area contributed by atoms with Crippen LogP contribution in [0.25, 0.3) is 0 Å². The lowest BCUT2D eigenvalue weighted by molar-refractivity contribution is 0.211. The predicted molar refractivity (Wildman–Crippen MR) is 38.0 cm³/mol. The van der Waals surface area contributed by atoms with Crippen molar-refractivity contribution in [3.05, 3.63) is 11.8 Å². The fourth-order valence-electron chi connectivity index (χ4n) is 0.885. The van der Waals surface area contributed by atoms with Crippen molar-refractivity contribution >= 4 is 6.03 Å². The Morgan fingerprint density at radius 2 is 2.40 bits per heavy atom. The van der Waals surface area contributed by atoms with E-state index in [0.717, 1.165) is 12.1 Å². The standard InChI is InChI=1S/C6H11N3O/c7-5-1-3-9(4-2-5)6(8)10/h1H,2-4,7H2,(H2,8,10). The first-order chi connectivity index (χ1) is 4.70. The van der Waals surface area contributed by atoms with Crippen LogP contribution in [0.3, 0.4) is 0 Å². The quantitative estimate of drug-likeness (QED) is 0.482. The molecule has 2 amide bonds. The van der Waals surface area contributed by atoms with Gasteiger partial charge in [0.2, 0.25) is 0 Å². The van der Waals surface area contributed by atoms with Crippen molar-refractivity contribution in [3.63, 3.8) is 0 Å². The predicted octanol–water partition coefficient (Wildman–Crippen LogP) is -0.387. The maximum atomic E-state index is 10.5. The van der Waals surface area contributed by atoms with Crippen molar-refractivity contribution in [3.8, 4) is 0 Å². The second kappa shape index (κ2) is 2.60. The summed E-state index contributed by atoms with van der Waals surface area (Å²) >= 11 is 0. The Hall–Kier alpha value is -1.19. The maximum absolute atomic E-state index is 10.5. The van der Waals surface area contributed by atoms with Crippen LogP contribution in [0.1, 0.15) is 6.42 Å². The van der Waals surface area contributed by atoms with Gasteiger partial charge < -0.3 is 16.4 Å². The van der Waals surface area contributed by atoms with E-state index in [0.29, 0.717) is 13.1 Å². The molecule has 0 saturated carbocycles. The summed E-state index contributed by atoms with van der Waals surface area (Å²) in [7, 11) is 0. The summed E-state index contributed by atoms with van der Waals surface area (Å²) in [5, 5.41) is 0. The first-order valence-electron chi connectivity index (χ1n) is 3.19. The zero-order valence-corrected chi connectivity index (χ0v) is 5.71. The molecule has 56 valence electrons. The largest absolute Gasteiger partial charge is 0.402 e. The van der Waals surface area contributed by atoms with Crippen molar-refractivity contribution in [1.82, 2.24) is 4.90 Å². The Bertz CT molecular complexity index is 176. The molecular weight excluding hydrogens is 130 g/mol. The Labute approximate surface area is 59.5 Å². The number of carbonyl (C=O) groups is 1. The minimum Gasteiger partial charge on any atom is -0.402 e. The van der Waals surface area contributed by atoms with Gasteiger partial charge in [-0.05, 0) is 6.08 Å². The Morgan fingerprint density at radius 3 is 2.80 bits per heavy atom. The van der Waals surface area contributed by atoms with Crippen molar-refractivity contribution < 1.29 is 4.79 Å². The molecular formula is C6H11N3O. The fraction of sp³-hybridized carbons (Fsp3) is 0.500. The number of hydrogen-bond acceptors (Lipinski definition) is 2. The van der Waals surface area contributed by atoms with Gasteiger partial charge in [0.15, 0.2) is 0 Å². The number of amides is 2. The van der Waals surface area contributed by atoms with E-state index in [2.05, 4.69) is 0 Å². The molecule has 4 heteroatoms. The number of carbonyl (C=O) groups excluding carboxylic acids is 1. The maximum Gasteiger partial charge on any atom is 0.315 e. The van der Waals surface area contributed by atoms with E-state index in [4.69, 9.17) is 11.5 Å². The van der Waals surface area contributed by atoms with Crippen molar-refractivity contribution in [1.29, 1.82) is 0 Å². The summed E-state index contributed by atoms with van der Waals surface area (Å²) in [6.45, 7) is 1.21. The number of primary amides is 1. The number of hydrogen-bond donors (Lipinski definition) is 2. The molecule has 0 spiro atoms. The van der Waals surface area contributed by atoms with Crippen LogP contribution < -0.4 is 11.5 Å². The molecule has 1 heterocycles. The number of nitrogens with two attached hydrogens (primary N) is 2. The van der Waals surface area contributed by atoms with Crippen LogP contribution in [-0.4, -0.2) is 24.0 Å². The first-order valence-corrected chi connectivity index (χ1v) is 3.19. The van der Waals surface area contributed by atoms with Crippen molar-refractivity contribution in [2.45, 2.75) is 6.42 Å². The molecule has 1 aliphatic rings. The van der Waals surface area contributed by atoms with Crippen LogP contribution in [-0.2, 0) is 0 Å². The van der Waals surface area contributed by atoms with Gasteiger partial charge in [0.25, 0.3) is 0 Å². The summed E-state index contributed by atoms with van der Waals surface area (Å²) in [4.78, 5) is 12.1. The normalized spacial score (nSPS) is 18.4. The second-order valence-electron chi connectivity index (χ2n) is 2.31. The fourth-order valence-corrected chi connectivity index (χ4v) is 0.885. The molecule has 0 aromatic heterocycles. The average Bonchev–Trinajstić information content (AvgIpc) is 1.88. The number of rotatable bonds is 0. The lowest BCUT2D eigenvalue weighted by atomic mass is 10.2.